The van der Waals surface area contributed by atoms with Crippen LogP contribution in [0.2, 0.25) is 0 Å². The highest BCUT2D eigenvalue weighted by atomic mass is 32.2. The molecule has 1 fully saturated rings. The number of fused-ring (bicyclic) bond motifs is 1. The lowest BCUT2D eigenvalue weighted by Crippen LogP contribution is -2.36. The maximum absolute atomic E-state index is 12.6. The summed E-state index contributed by atoms with van der Waals surface area (Å²) in [5.41, 5.74) is 0.864. The number of aromatic nitrogens is 1. The van der Waals surface area contributed by atoms with E-state index in [1.165, 1.54) is 11.3 Å². The first-order valence-electron chi connectivity index (χ1n) is 6.87. The zero-order chi connectivity index (χ0) is 15.0. The summed E-state index contributed by atoms with van der Waals surface area (Å²) in [7, 11) is -3.05. The number of sulfone groups is 1. The summed E-state index contributed by atoms with van der Waals surface area (Å²) >= 11 is 1.46. The van der Waals surface area contributed by atoms with Crippen LogP contribution < -0.4 is 4.90 Å². The fourth-order valence-corrected chi connectivity index (χ4v) is 5.34. The Hall–Kier alpha value is -1.47. The van der Waals surface area contributed by atoms with Gasteiger partial charge in [-0.1, -0.05) is 23.5 Å². The van der Waals surface area contributed by atoms with Gasteiger partial charge in [0.1, 0.15) is 0 Å². The first-order chi connectivity index (χ1) is 10.00. The van der Waals surface area contributed by atoms with Gasteiger partial charge in [-0.2, -0.15) is 0 Å². The largest absolute Gasteiger partial charge is 0.288 e. The molecular formula is C14H16N2O3S2. The van der Waals surface area contributed by atoms with E-state index in [2.05, 4.69) is 4.98 Å². The van der Waals surface area contributed by atoms with Crippen molar-refractivity contribution in [3.05, 3.63) is 24.3 Å². The lowest BCUT2D eigenvalue weighted by Gasteiger charge is -2.20. The van der Waals surface area contributed by atoms with E-state index in [0.717, 1.165) is 10.2 Å². The van der Waals surface area contributed by atoms with Gasteiger partial charge in [-0.05, 0) is 25.5 Å². The van der Waals surface area contributed by atoms with Crippen molar-refractivity contribution in [2.45, 2.75) is 13.3 Å². The summed E-state index contributed by atoms with van der Waals surface area (Å²) in [6.45, 7) is 2.38. The summed E-state index contributed by atoms with van der Waals surface area (Å²) in [5.74, 6) is -0.479. The normalized spacial score (nSPS) is 20.7. The van der Waals surface area contributed by atoms with Crippen LogP contribution >= 0.6 is 11.3 Å². The quantitative estimate of drug-likeness (QED) is 0.867. The van der Waals surface area contributed by atoms with Crippen molar-refractivity contribution in [3.63, 3.8) is 0 Å². The standard InChI is InChI=1S/C14H16N2O3S2/c1-2-16(13(17)10-7-8-21(18,19)9-10)14-15-11-5-3-4-6-12(11)20-14/h3-6,10H,2,7-9H2,1H3/t10-/m0/s1. The van der Waals surface area contributed by atoms with Gasteiger partial charge < -0.3 is 0 Å². The molecule has 112 valence electrons. The van der Waals surface area contributed by atoms with Gasteiger partial charge in [0.05, 0.1) is 27.6 Å². The molecule has 0 radical (unpaired) electrons. The van der Waals surface area contributed by atoms with Crippen molar-refractivity contribution in [2.75, 3.05) is 23.0 Å². The Morgan fingerprint density at radius 3 is 2.81 bits per heavy atom. The van der Waals surface area contributed by atoms with Crippen LogP contribution in [0.25, 0.3) is 10.2 Å². The second-order valence-electron chi connectivity index (χ2n) is 5.15. The number of hydrogen-bond acceptors (Lipinski definition) is 5. The molecule has 1 saturated heterocycles. The predicted molar refractivity (Wildman–Crippen MR) is 84.4 cm³/mol. The Labute approximate surface area is 127 Å². The monoisotopic (exact) mass is 324 g/mol. The molecular weight excluding hydrogens is 308 g/mol. The fourth-order valence-electron chi connectivity index (χ4n) is 2.57. The maximum atomic E-state index is 12.6. The van der Waals surface area contributed by atoms with E-state index in [9.17, 15) is 13.2 Å². The summed E-state index contributed by atoms with van der Waals surface area (Å²) in [6, 6.07) is 7.72. The van der Waals surface area contributed by atoms with Gasteiger partial charge in [-0.3, -0.25) is 9.69 Å². The number of thiazole rings is 1. The zero-order valence-corrected chi connectivity index (χ0v) is 13.3. The summed E-state index contributed by atoms with van der Waals surface area (Å²) in [6.07, 6.45) is 0.419. The molecule has 0 N–H and O–H groups in total. The van der Waals surface area contributed by atoms with Crippen LogP contribution in [-0.4, -0.2) is 37.4 Å². The number of carbonyl (C=O) groups is 1. The van der Waals surface area contributed by atoms with Crippen LogP contribution in [0.3, 0.4) is 0 Å². The highest BCUT2D eigenvalue weighted by molar-refractivity contribution is 7.91. The number of rotatable bonds is 3. The van der Waals surface area contributed by atoms with Crippen LogP contribution in [0.15, 0.2) is 24.3 Å². The molecule has 1 atom stereocenters. The van der Waals surface area contributed by atoms with Gasteiger partial charge in [0.25, 0.3) is 0 Å². The third-order valence-corrected chi connectivity index (χ3v) is 6.50. The minimum atomic E-state index is -3.05. The van der Waals surface area contributed by atoms with Crippen LogP contribution in [0.1, 0.15) is 13.3 Å². The number of amides is 1. The van der Waals surface area contributed by atoms with E-state index in [1.54, 1.807) is 4.90 Å². The number of benzene rings is 1. The minimum absolute atomic E-state index is 0.0345. The average molecular weight is 324 g/mol. The van der Waals surface area contributed by atoms with Crippen LogP contribution in [0, 0.1) is 5.92 Å². The van der Waals surface area contributed by atoms with Gasteiger partial charge in [0.15, 0.2) is 15.0 Å². The molecule has 1 aromatic heterocycles. The van der Waals surface area contributed by atoms with E-state index in [-0.39, 0.29) is 17.4 Å². The van der Waals surface area contributed by atoms with Gasteiger partial charge >= 0.3 is 0 Å². The molecule has 0 unspecified atom stereocenters. The number of carbonyl (C=O) groups excluding carboxylic acids is 1. The van der Waals surface area contributed by atoms with Crippen molar-refractivity contribution >= 4 is 42.4 Å². The van der Waals surface area contributed by atoms with Crippen molar-refractivity contribution < 1.29 is 13.2 Å². The van der Waals surface area contributed by atoms with Gasteiger partial charge in [-0.25, -0.2) is 13.4 Å². The molecule has 0 spiro atoms. The molecule has 5 nitrogen and oxygen atoms in total. The molecule has 21 heavy (non-hydrogen) atoms. The topological polar surface area (TPSA) is 67.3 Å². The molecule has 1 aromatic carbocycles. The summed E-state index contributed by atoms with van der Waals surface area (Å²) in [5, 5.41) is 0.646. The van der Waals surface area contributed by atoms with E-state index < -0.39 is 15.8 Å². The lowest BCUT2D eigenvalue weighted by atomic mass is 10.1. The Morgan fingerprint density at radius 1 is 1.43 bits per heavy atom. The summed E-state index contributed by atoms with van der Waals surface area (Å²) < 4.78 is 24.1. The molecule has 7 heteroatoms. The smallest absolute Gasteiger partial charge is 0.232 e. The number of anilines is 1. The third-order valence-electron chi connectivity index (χ3n) is 3.68. The Kier molecular flexibility index (Phi) is 3.71. The van der Waals surface area contributed by atoms with Gasteiger partial charge in [0.2, 0.25) is 5.91 Å². The van der Waals surface area contributed by atoms with E-state index >= 15 is 0 Å². The fraction of sp³-hybridized carbons (Fsp3) is 0.429. The Bertz CT molecular complexity index is 749. The molecule has 1 aliphatic rings. The van der Waals surface area contributed by atoms with Crippen LogP contribution in [0.4, 0.5) is 5.13 Å². The molecule has 1 aliphatic heterocycles. The second kappa shape index (κ2) is 5.38. The van der Waals surface area contributed by atoms with E-state index in [4.69, 9.17) is 0 Å². The number of nitrogens with zero attached hydrogens (tertiary/aromatic N) is 2. The van der Waals surface area contributed by atoms with Gasteiger partial charge in [-0.15, -0.1) is 0 Å². The van der Waals surface area contributed by atoms with E-state index in [0.29, 0.717) is 18.1 Å². The molecule has 3 rings (SSSR count). The maximum Gasteiger partial charge on any atom is 0.232 e. The van der Waals surface area contributed by atoms with Crippen LogP contribution in [0.5, 0.6) is 0 Å². The molecule has 2 aromatic rings. The Morgan fingerprint density at radius 2 is 2.19 bits per heavy atom. The van der Waals surface area contributed by atoms with Gasteiger partial charge in [0, 0.05) is 6.54 Å². The van der Waals surface area contributed by atoms with Crippen LogP contribution in [-0.2, 0) is 14.6 Å². The minimum Gasteiger partial charge on any atom is -0.288 e. The average Bonchev–Trinajstić information content (AvgIpc) is 3.02. The number of para-hydroxylation sites is 1. The van der Waals surface area contributed by atoms with Crippen molar-refractivity contribution in [1.29, 1.82) is 0 Å². The lowest BCUT2D eigenvalue weighted by molar-refractivity contribution is -0.121. The molecule has 0 saturated carbocycles. The van der Waals surface area contributed by atoms with Crippen molar-refractivity contribution in [1.82, 2.24) is 4.98 Å². The highest BCUT2D eigenvalue weighted by Gasteiger charge is 2.36. The van der Waals surface area contributed by atoms with Crippen molar-refractivity contribution in [3.8, 4) is 0 Å². The highest BCUT2D eigenvalue weighted by Crippen LogP contribution is 2.30. The first-order valence-corrected chi connectivity index (χ1v) is 9.51. The first kappa shape index (κ1) is 14.5. The molecule has 0 aliphatic carbocycles. The molecule has 1 amide bonds. The molecule has 0 bridgehead atoms. The molecule has 2 heterocycles. The Balaban J connectivity index is 1.89. The SMILES string of the molecule is CCN(C(=O)[C@H]1CCS(=O)(=O)C1)c1nc2ccccc2s1. The van der Waals surface area contributed by atoms with Crippen molar-refractivity contribution in [2.24, 2.45) is 5.92 Å². The summed E-state index contributed by atoms with van der Waals surface area (Å²) in [4.78, 5) is 18.7. The third kappa shape index (κ3) is 2.80. The zero-order valence-electron chi connectivity index (χ0n) is 11.7. The second-order valence-corrected chi connectivity index (χ2v) is 8.38. The van der Waals surface area contributed by atoms with E-state index in [1.807, 2.05) is 31.2 Å². The number of hydrogen-bond donors (Lipinski definition) is 0. The predicted octanol–water partition coefficient (Wildman–Crippen LogP) is 2.08.